The van der Waals surface area contributed by atoms with Gasteiger partial charge in [0.05, 0.1) is 5.56 Å². The van der Waals surface area contributed by atoms with Gasteiger partial charge in [0.2, 0.25) is 0 Å². The van der Waals surface area contributed by atoms with Crippen LogP contribution in [0.5, 0.6) is 0 Å². The van der Waals surface area contributed by atoms with Crippen LogP contribution in [0.2, 0.25) is 5.15 Å². The molecule has 18 heavy (non-hydrogen) atoms. The average Bonchev–Trinajstić information content (AvgIpc) is 2.37. The molecule has 2 rings (SSSR count). The first kappa shape index (κ1) is 13.5. The second kappa shape index (κ2) is 6.29. The number of aromatic carboxylic acids is 1. The van der Waals surface area contributed by atoms with Crippen LogP contribution in [0.25, 0.3) is 0 Å². The van der Waals surface area contributed by atoms with Gasteiger partial charge in [0.1, 0.15) is 11.0 Å². The molecule has 98 valence electrons. The predicted molar refractivity (Wildman–Crippen MR) is 74.8 cm³/mol. The van der Waals surface area contributed by atoms with Crippen molar-refractivity contribution in [3.63, 3.8) is 0 Å². The van der Waals surface area contributed by atoms with E-state index in [1.807, 2.05) is 11.8 Å². The van der Waals surface area contributed by atoms with E-state index in [9.17, 15) is 4.79 Å². The van der Waals surface area contributed by atoms with Crippen LogP contribution < -0.4 is 5.32 Å². The van der Waals surface area contributed by atoms with Crippen LogP contribution in [-0.2, 0) is 0 Å². The summed E-state index contributed by atoms with van der Waals surface area (Å²) in [4.78, 5) is 15.0. The highest BCUT2D eigenvalue weighted by atomic mass is 35.5. The minimum Gasteiger partial charge on any atom is -0.478 e. The molecule has 6 heteroatoms. The van der Waals surface area contributed by atoms with E-state index in [-0.39, 0.29) is 10.7 Å². The SMILES string of the molecule is O=C(O)c1cc(Cl)nc(NCC2CCCCS2)c1. The van der Waals surface area contributed by atoms with E-state index < -0.39 is 5.97 Å². The Bertz CT molecular complexity index is 436. The maximum atomic E-state index is 10.9. The Hall–Kier alpha value is -0.940. The van der Waals surface area contributed by atoms with E-state index in [1.165, 1.54) is 37.1 Å². The second-order valence-corrected chi connectivity index (χ2v) is 6.03. The number of pyridine rings is 1. The van der Waals surface area contributed by atoms with E-state index in [0.29, 0.717) is 11.1 Å². The summed E-state index contributed by atoms with van der Waals surface area (Å²) in [7, 11) is 0. The minimum atomic E-state index is -0.991. The highest BCUT2D eigenvalue weighted by Crippen LogP contribution is 2.25. The first-order chi connectivity index (χ1) is 8.65. The number of rotatable bonds is 4. The Morgan fingerprint density at radius 1 is 1.56 bits per heavy atom. The topological polar surface area (TPSA) is 62.2 Å². The van der Waals surface area contributed by atoms with Gasteiger partial charge in [0.25, 0.3) is 0 Å². The Kier molecular flexibility index (Phi) is 4.72. The van der Waals surface area contributed by atoms with Gasteiger partial charge in [-0.25, -0.2) is 9.78 Å². The van der Waals surface area contributed by atoms with E-state index in [2.05, 4.69) is 10.3 Å². The number of nitrogens with zero attached hydrogens (tertiary/aromatic N) is 1. The van der Waals surface area contributed by atoms with Gasteiger partial charge in [0, 0.05) is 11.8 Å². The molecule has 0 aromatic carbocycles. The van der Waals surface area contributed by atoms with Crippen LogP contribution in [0.3, 0.4) is 0 Å². The van der Waals surface area contributed by atoms with Crippen molar-refractivity contribution in [2.45, 2.75) is 24.5 Å². The monoisotopic (exact) mass is 286 g/mol. The van der Waals surface area contributed by atoms with Crippen LogP contribution in [0.4, 0.5) is 5.82 Å². The molecule has 2 heterocycles. The van der Waals surface area contributed by atoms with Crippen molar-refractivity contribution in [1.29, 1.82) is 0 Å². The lowest BCUT2D eigenvalue weighted by molar-refractivity contribution is 0.0697. The molecular formula is C12H15ClN2O2S. The largest absolute Gasteiger partial charge is 0.478 e. The summed E-state index contributed by atoms with van der Waals surface area (Å²) >= 11 is 7.75. The van der Waals surface area contributed by atoms with E-state index >= 15 is 0 Å². The standard InChI is InChI=1S/C12H15ClN2O2S/c13-10-5-8(12(16)17)6-11(15-10)14-7-9-3-1-2-4-18-9/h5-6,9H,1-4,7H2,(H,14,15)(H,16,17). The molecule has 0 amide bonds. The van der Waals surface area contributed by atoms with Gasteiger partial charge >= 0.3 is 5.97 Å². The van der Waals surface area contributed by atoms with Gasteiger partial charge in [-0.05, 0) is 30.7 Å². The van der Waals surface area contributed by atoms with Gasteiger partial charge in [-0.15, -0.1) is 0 Å². The molecule has 1 aromatic rings. The highest BCUT2D eigenvalue weighted by Gasteiger charge is 2.14. The highest BCUT2D eigenvalue weighted by molar-refractivity contribution is 7.99. The normalized spacial score (nSPS) is 19.5. The number of anilines is 1. The number of carboxylic acids is 1. The molecule has 1 atom stereocenters. The molecular weight excluding hydrogens is 272 g/mol. The van der Waals surface area contributed by atoms with E-state index in [1.54, 1.807) is 0 Å². The molecule has 0 aliphatic carbocycles. The Labute approximate surface area is 115 Å². The third kappa shape index (κ3) is 3.78. The summed E-state index contributed by atoms with van der Waals surface area (Å²) in [5.41, 5.74) is 0.161. The van der Waals surface area contributed by atoms with Gasteiger partial charge in [-0.2, -0.15) is 11.8 Å². The third-order valence-corrected chi connectivity index (χ3v) is 4.42. The molecule has 0 saturated carbocycles. The molecule has 1 unspecified atom stereocenters. The van der Waals surface area contributed by atoms with Gasteiger partial charge < -0.3 is 10.4 Å². The zero-order valence-electron chi connectivity index (χ0n) is 9.86. The maximum Gasteiger partial charge on any atom is 0.335 e. The summed E-state index contributed by atoms with van der Waals surface area (Å²) in [5.74, 6) is 0.746. The number of aromatic nitrogens is 1. The van der Waals surface area contributed by atoms with Crippen LogP contribution in [0.15, 0.2) is 12.1 Å². The summed E-state index contributed by atoms with van der Waals surface area (Å²) in [6.07, 6.45) is 3.76. The second-order valence-electron chi connectivity index (χ2n) is 4.24. The zero-order chi connectivity index (χ0) is 13.0. The van der Waals surface area contributed by atoms with Gasteiger partial charge in [-0.1, -0.05) is 18.0 Å². The fourth-order valence-corrected chi connectivity index (χ4v) is 3.34. The van der Waals surface area contributed by atoms with Crippen molar-refractivity contribution in [2.75, 3.05) is 17.6 Å². The van der Waals surface area contributed by atoms with Crippen molar-refractivity contribution in [3.8, 4) is 0 Å². The van der Waals surface area contributed by atoms with Gasteiger partial charge in [0.15, 0.2) is 0 Å². The first-order valence-electron chi connectivity index (χ1n) is 5.91. The number of hydrogen-bond donors (Lipinski definition) is 2. The number of halogens is 1. The number of thioether (sulfide) groups is 1. The maximum absolute atomic E-state index is 10.9. The number of carboxylic acid groups (broad SMARTS) is 1. The summed E-state index contributed by atoms with van der Waals surface area (Å²) < 4.78 is 0. The first-order valence-corrected chi connectivity index (χ1v) is 7.34. The zero-order valence-corrected chi connectivity index (χ0v) is 11.4. The Balaban J connectivity index is 1.97. The van der Waals surface area contributed by atoms with Crippen molar-refractivity contribution in [3.05, 3.63) is 22.8 Å². The molecule has 0 bridgehead atoms. The predicted octanol–water partition coefficient (Wildman–Crippen LogP) is 3.13. The van der Waals surface area contributed by atoms with E-state index in [4.69, 9.17) is 16.7 Å². The molecule has 2 N–H and O–H groups in total. The smallest absolute Gasteiger partial charge is 0.335 e. The molecule has 0 spiro atoms. The molecule has 1 saturated heterocycles. The molecule has 1 fully saturated rings. The molecule has 0 radical (unpaired) electrons. The molecule has 1 aromatic heterocycles. The van der Waals surface area contributed by atoms with Crippen LogP contribution in [0.1, 0.15) is 29.6 Å². The van der Waals surface area contributed by atoms with Crippen molar-refractivity contribution in [1.82, 2.24) is 4.98 Å². The quantitative estimate of drug-likeness (QED) is 0.833. The Morgan fingerprint density at radius 2 is 2.39 bits per heavy atom. The van der Waals surface area contributed by atoms with Crippen LogP contribution in [-0.4, -0.2) is 33.6 Å². The van der Waals surface area contributed by atoms with Gasteiger partial charge in [-0.3, -0.25) is 0 Å². The number of carbonyl (C=O) groups is 1. The number of nitrogens with one attached hydrogen (secondary N) is 1. The minimum absolute atomic E-state index is 0.161. The molecule has 4 nitrogen and oxygen atoms in total. The van der Waals surface area contributed by atoms with Crippen LogP contribution in [0, 0.1) is 0 Å². The third-order valence-electron chi connectivity index (χ3n) is 2.83. The number of hydrogen-bond acceptors (Lipinski definition) is 4. The summed E-state index contributed by atoms with van der Waals surface area (Å²) in [6, 6.07) is 2.87. The summed E-state index contributed by atoms with van der Waals surface area (Å²) in [6.45, 7) is 0.803. The fraction of sp³-hybridized carbons (Fsp3) is 0.500. The lowest BCUT2D eigenvalue weighted by atomic mass is 10.2. The van der Waals surface area contributed by atoms with Crippen molar-refractivity contribution < 1.29 is 9.90 Å². The molecule has 1 aliphatic rings. The lowest BCUT2D eigenvalue weighted by Crippen LogP contribution is -2.20. The molecule has 1 aliphatic heterocycles. The summed E-state index contributed by atoms with van der Waals surface area (Å²) in [5, 5.41) is 12.9. The van der Waals surface area contributed by atoms with Crippen molar-refractivity contribution >= 4 is 35.1 Å². The lowest BCUT2D eigenvalue weighted by Gasteiger charge is -2.21. The average molecular weight is 287 g/mol. The van der Waals surface area contributed by atoms with Crippen molar-refractivity contribution in [2.24, 2.45) is 0 Å². The van der Waals surface area contributed by atoms with E-state index in [0.717, 1.165) is 6.54 Å². The van der Waals surface area contributed by atoms with Crippen LogP contribution >= 0.6 is 23.4 Å². The fourth-order valence-electron chi connectivity index (χ4n) is 1.90. The Morgan fingerprint density at radius 3 is 3.06 bits per heavy atom.